The highest BCUT2D eigenvalue weighted by atomic mass is 31.2. The van der Waals surface area contributed by atoms with Crippen molar-refractivity contribution in [2.45, 2.75) is 84.0 Å². The number of rotatable bonds is 16. The van der Waals surface area contributed by atoms with Gasteiger partial charge in [0.1, 0.15) is 23.9 Å². The van der Waals surface area contributed by atoms with E-state index in [4.69, 9.17) is 33.7 Å². The molecule has 0 saturated carbocycles. The molecule has 1 aliphatic rings. The number of carbonyl (C=O) groups excluding carboxylic acids is 2. The lowest BCUT2D eigenvalue weighted by Gasteiger charge is -2.36. The van der Waals surface area contributed by atoms with Gasteiger partial charge in [-0.25, -0.2) is 9.65 Å². The van der Waals surface area contributed by atoms with Crippen molar-refractivity contribution >= 4 is 43.4 Å². The smallest absolute Gasteiger partial charge is 0.406 e. The lowest BCUT2D eigenvalue weighted by molar-refractivity contribution is -0.155. The molecule has 250 valence electrons. The zero-order valence-corrected chi connectivity index (χ0v) is 27.3. The fraction of sp³-hybridized carbons (Fsp3) is 0.731. The lowest BCUT2D eigenvalue weighted by atomic mass is 9.98. The highest BCUT2D eigenvalue weighted by Crippen LogP contribution is 2.46. The molecule has 1 aromatic heterocycles. The topological polar surface area (TPSA) is 235 Å². The summed E-state index contributed by atoms with van der Waals surface area (Å²) in [5.74, 6) is -1.87. The monoisotopic (exact) mass is 648 g/mol. The third-order valence-corrected chi connectivity index (χ3v) is 7.67. The molecular weight excluding hydrogens is 603 g/mol. The molecule has 0 fully saturated rings. The summed E-state index contributed by atoms with van der Waals surface area (Å²) in [5, 5.41) is 28.0. The normalized spacial score (nSPS) is 20.0. The fourth-order valence-corrected chi connectivity index (χ4v) is 5.56. The molecular formula is C26H45N6O11P. The first-order valence-electron chi connectivity index (χ1n) is 14.0. The Bertz CT molecular complexity index is 1210. The molecule has 0 bridgehead atoms. The number of esters is 2. The van der Waals surface area contributed by atoms with Crippen LogP contribution in [0.5, 0.6) is 5.88 Å². The lowest BCUT2D eigenvalue weighted by Crippen LogP contribution is -2.56. The standard InChI is InChI=1S/C26H45N6O11P/c1-9-40-23(35)18(15(2)3)32-44(37,41-13-10-17(33)43-25(4,5)6)42-14-16(38-7)20(34)26(36)11-12-28-19-21(31-26)29-24(27)30-22(19)39-8/h12,15-16,18,20,34,36H,9-11,13-14H2,1-8H3,(H,32,37)(H3,27,29,30,31)/t16?,18-,20?,26-,44?/m0/s1. The van der Waals surface area contributed by atoms with E-state index in [1.807, 2.05) is 0 Å². The SMILES string of the molecule is CCOC(=O)[C@@H](NP(=O)(OCCC(=O)OC(C)(C)C)OCC(OC)C(O)[C@@]1(O)CC=Nc2c(nc(N)nc2OC)N1)C(C)C. The molecule has 0 aromatic carbocycles. The van der Waals surface area contributed by atoms with Crippen LogP contribution in [0.2, 0.25) is 0 Å². The summed E-state index contributed by atoms with van der Waals surface area (Å²) in [6.07, 6.45) is -2.27. The van der Waals surface area contributed by atoms with E-state index in [0.29, 0.717) is 0 Å². The van der Waals surface area contributed by atoms with E-state index in [2.05, 4.69) is 25.4 Å². The van der Waals surface area contributed by atoms with Gasteiger partial charge in [0.25, 0.3) is 0 Å². The van der Waals surface area contributed by atoms with E-state index in [-0.39, 0.29) is 42.8 Å². The Labute approximate surface area is 256 Å². The zero-order valence-electron chi connectivity index (χ0n) is 26.4. The first kappa shape index (κ1) is 37.3. The summed E-state index contributed by atoms with van der Waals surface area (Å²) in [7, 11) is -1.80. The van der Waals surface area contributed by atoms with Gasteiger partial charge in [0.15, 0.2) is 17.2 Å². The van der Waals surface area contributed by atoms with E-state index in [1.165, 1.54) is 20.4 Å². The van der Waals surface area contributed by atoms with Gasteiger partial charge in [-0.2, -0.15) is 9.97 Å². The summed E-state index contributed by atoms with van der Waals surface area (Å²) < 4.78 is 46.0. The fourth-order valence-electron chi connectivity index (χ4n) is 3.92. The van der Waals surface area contributed by atoms with Crippen molar-refractivity contribution in [2.75, 3.05) is 45.1 Å². The van der Waals surface area contributed by atoms with Crippen LogP contribution in [0.1, 0.15) is 54.4 Å². The van der Waals surface area contributed by atoms with Gasteiger partial charge in [0.05, 0.1) is 33.4 Å². The van der Waals surface area contributed by atoms with Crippen molar-refractivity contribution in [2.24, 2.45) is 10.9 Å². The van der Waals surface area contributed by atoms with Gasteiger partial charge in [-0.1, -0.05) is 13.8 Å². The predicted octanol–water partition coefficient (Wildman–Crippen LogP) is 1.70. The minimum Gasteiger partial charge on any atom is -0.479 e. The number of hydrogen-bond donors (Lipinski definition) is 5. The van der Waals surface area contributed by atoms with Gasteiger partial charge in [-0.05, 0) is 33.6 Å². The molecule has 2 heterocycles. The second-order valence-electron chi connectivity index (χ2n) is 11.1. The minimum absolute atomic E-state index is 0.0209. The number of aromatic nitrogens is 2. The van der Waals surface area contributed by atoms with Crippen LogP contribution in [-0.2, 0) is 37.4 Å². The third kappa shape index (κ3) is 10.6. The quantitative estimate of drug-likeness (QED) is 0.127. The molecule has 6 N–H and O–H groups in total. The summed E-state index contributed by atoms with van der Waals surface area (Å²) in [6, 6.07) is -1.12. The molecule has 44 heavy (non-hydrogen) atoms. The van der Waals surface area contributed by atoms with E-state index in [1.54, 1.807) is 41.5 Å². The van der Waals surface area contributed by atoms with E-state index >= 15 is 0 Å². The zero-order chi connectivity index (χ0) is 33.3. The number of nitrogens with two attached hydrogens (primary N) is 1. The van der Waals surface area contributed by atoms with Gasteiger partial charge in [-0.3, -0.25) is 23.6 Å². The molecule has 5 atom stereocenters. The van der Waals surface area contributed by atoms with Crippen LogP contribution in [0, 0.1) is 5.92 Å². The molecule has 0 spiro atoms. The van der Waals surface area contributed by atoms with Crippen LogP contribution < -0.4 is 20.9 Å². The molecule has 1 aromatic rings. The van der Waals surface area contributed by atoms with Gasteiger partial charge in [0.2, 0.25) is 11.8 Å². The Morgan fingerprint density at radius 2 is 1.91 bits per heavy atom. The summed E-state index contributed by atoms with van der Waals surface area (Å²) in [5.41, 5.74) is 3.01. The third-order valence-electron chi connectivity index (χ3n) is 6.07. The van der Waals surface area contributed by atoms with Crippen molar-refractivity contribution in [3.05, 3.63) is 0 Å². The first-order valence-corrected chi connectivity index (χ1v) is 15.5. The Morgan fingerprint density at radius 3 is 2.48 bits per heavy atom. The highest BCUT2D eigenvalue weighted by molar-refractivity contribution is 7.51. The van der Waals surface area contributed by atoms with Crippen LogP contribution in [0.15, 0.2) is 4.99 Å². The van der Waals surface area contributed by atoms with Crippen molar-refractivity contribution in [3.8, 4) is 5.88 Å². The average molecular weight is 649 g/mol. The second-order valence-corrected chi connectivity index (χ2v) is 12.9. The van der Waals surface area contributed by atoms with Crippen LogP contribution in [0.4, 0.5) is 17.5 Å². The molecule has 17 nitrogen and oxygen atoms in total. The first-order chi connectivity index (χ1) is 20.5. The average Bonchev–Trinajstić information content (AvgIpc) is 3.09. The number of nitrogen functional groups attached to an aromatic ring is 1. The molecule has 3 unspecified atom stereocenters. The van der Waals surface area contributed by atoms with Crippen molar-refractivity contribution < 1.29 is 52.4 Å². The number of carbonyl (C=O) groups is 2. The Balaban J connectivity index is 2.28. The van der Waals surface area contributed by atoms with Gasteiger partial charge < -0.3 is 40.2 Å². The van der Waals surface area contributed by atoms with Crippen molar-refractivity contribution in [1.29, 1.82) is 0 Å². The number of fused-ring (bicyclic) bond motifs is 1. The molecule has 2 rings (SSSR count). The largest absolute Gasteiger partial charge is 0.479 e. The number of nitrogens with one attached hydrogen (secondary N) is 2. The number of aliphatic imine (C=N–C) groups is 1. The number of ether oxygens (including phenoxy) is 4. The molecule has 1 aliphatic heterocycles. The maximum absolute atomic E-state index is 13.9. The van der Waals surface area contributed by atoms with Crippen LogP contribution in [0.25, 0.3) is 0 Å². The summed E-state index contributed by atoms with van der Waals surface area (Å²) in [4.78, 5) is 37.0. The summed E-state index contributed by atoms with van der Waals surface area (Å²) >= 11 is 0. The molecule has 18 heteroatoms. The number of aliphatic hydroxyl groups excluding tert-OH is 1. The number of hydrogen-bond acceptors (Lipinski definition) is 16. The van der Waals surface area contributed by atoms with Crippen LogP contribution in [0.3, 0.4) is 0 Å². The minimum atomic E-state index is -4.39. The molecule has 0 saturated heterocycles. The van der Waals surface area contributed by atoms with Gasteiger partial charge >= 0.3 is 19.7 Å². The number of methoxy groups -OCH3 is 2. The van der Waals surface area contributed by atoms with E-state index in [9.17, 15) is 24.4 Å². The number of aliphatic hydroxyl groups is 2. The highest BCUT2D eigenvalue weighted by Gasteiger charge is 2.44. The maximum atomic E-state index is 13.9. The van der Waals surface area contributed by atoms with Gasteiger partial charge in [-0.15, -0.1) is 0 Å². The molecule has 0 aliphatic carbocycles. The van der Waals surface area contributed by atoms with Crippen LogP contribution >= 0.6 is 7.75 Å². The molecule has 0 amide bonds. The summed E-state index contributed by atoms with van der Waals surface area (Å²) in [6.45, 7) is 9.18. The molecule has 0 radical (unpaired) electrons. The van der Waals surface area contributed by atoms with Gasteiger partial charge in [0, 0.05) is 19.7 Å². The predicted molar refractivity (Wildman–Crippen MR) is 160 cm³/mol. The van der Waals surface area contributed by atoms with Crippen molar-refractivity contribution in [1.82, 2.24) is 15.1 Å². The van der Waals surface area contributed by atoms with E-state index in [0.717, 1.165) is 0 Å². The Morgan fingerprint density at radius 1 is 1.23 bits per heavy atom. The maximum Gasteiger partial charge on any atom is 0.406 e. The Hall–Kier alpha value is -2.92. The van der Waals surface area contributed by atoms with Crippen molar-refractivity contribution in [3.63, 3.8) is 0 Å². The van der Waals surface area contributed by atoms with Crippen LogP contribution in [-0.4, -0.2) is 102 Å². The number of nitrogens with zero attached hydrogens (tertiary/aromatic N) is 3. The second kappa shape index (κ2) is 15.9. The van der Waals surface area contributed by atoms with E-state index < -0.39 is 68.4 Å². The number of anilines is 2. The Kier molecular flexibility index (Phi) is 13.5.